The highest BCUT2D eigenvalue weighted by Crippen LogP contribution is 2.45. The molecule has 1 saturated carbocycles. The van der Waals surface area contributed by atoms with Gasteiger partial charge in [0.15, 0.2) is 17.7 Å². The lowest BCUT2D eigenvalue weighted by Crippen LogP contribution is -2.23. The van der Waals surface area contributed by atoms with Crippen LogP contribution in [-0.2, 0) is 16.6 Å². The van der Waals surface area contributed by atoms with Gasteiger partial charge in [-0.05, 0) is 18.9 Å². The van der Waals surface area contributed by atoms with Crippen LogP contribution in [0.15, 0.2) is 24.4 Å². The zero-order valence-corrected chi connectivity index (χ0v) is 19.7. The van der Waals surface area contributed by atoms with Crippen molar-refractivity contribution in [3.63, 3.8) is 0 Å². The Morgan fingerprint density at radius 1 is 1.31 bits per heavy atom. The molecule has 1 unspecified atom stereocenters. The maximum Gasteiger partial charge on any atom is 0.418 e. The van der Waals surface area contributed by atoms with Gasteiger partial charge in [-0.15, -0.1) is 0 Å². The third kappa shape index (κ3) is 4.85. The molecule has 1 atom stereocenters. The van der Waals surface area contributed by atoms with Crippen LogP contribution in [0.3, 0.4) is 0 Å². The SMILES string of the molecule is [2H]C([2H])([2H])CC(=O)c1cnc(NC(=O)C2CC2)cc1Nc1nn(C)c2ccc(C(OC)C(F)(F)F)c(OC)c12. The molecule has 1 aliphatic carbocycles. The third-order valence-electron chi connectivity index (χ3n) is 5.84. The zero-order valence-electron chi connectivity index (χ0n) is 22.7. The van der Waals surface area contributed by atoms with Gasteiger partial charge in [0.2, 0.25) is 5.91 Å². The Morgan fingerprint density at radius 2 is 2.06 bits per heavy atom. The summed E-state index contributed by atoms with van der Waals surface area (Å²) in [5.74, 6) is -1.17. The number of nitrogens with one attached hydrogen (secondary N) is 2. The number of rotatable bonds is 9. The number of nitrogens with zero attached hydrogens (tertiary/aromatic N) is 3. The van der Waals surface area contributed by atoms with Crippen molar-refractivity contribution in [3.8, 4) is 5.75 Å². The summed E-state index contributed by atoms with van der Waals surface area (Å²) in [6.45, 7) is -2.56. The molecule has 1 aliphatic rings. The van der Waals surface area contributed by atoms with E-state index in [9.17, 15) is 22.8 Å². The van der Waals surface area contributed by atoms with Gasteiger partial charge in [0.1, 0.15) is 11.6 Å². The summed E-state index contributed by atoms with van der Waals surface area (Å²) in [6, 6.07) is 4.01. The highest BCUT2D eigenvalue weighted by atomic mass is 19.4. The van der Waals surface area contributed by atoms with E-state index < -0.39 is 31.3 Å². The van der Waals surface area contributed by atoms with Gasteiger partial charge in [-0.1, -0.05) is 12.9 Å². The van der Waals surface area contributed by atoms with Gasteiger partial charge in [0, 0.05) is 48.4 Å². The number of benzene rings is 1. The van der Waals surface area contributed by atoms with Crippen molar-refractivity contribution in [1.82, 2.24) is 14.8 Å². The number of carbonyl (C=O) groups is 2. The number of pyridine rings is 1. The molecule has 192 valence electrons. The molecule has 0 saturated heterocycles. The van der Waals surface area contributed by atoms with Crippen LogP contribution in [0.5, 0.6) is 5.75 Å². The van der Waals surface area contributed by atoms with E-state index in [1.54, 1.807) is 7.05 Å². The number of hydrogen-bond donors (Lipinski definition) is 2. The summed E-state index contributed by atoms with van der Waals surface area (Å²) < 4.78 is 75.1. The van der Waals surface area contributed by atoms with E-state index in [0.717, 1.165) is 26.1 Å². The number of methoxy groups -OCH3 is 2. The molecule has 1 fully saturated rings. The topological polar surface area (TPSA) is 107 Å². The Bertz CT molecular complexity index is 1420. The van der Waals surface area contributed by atoms with E-state index in [4.69, 9.17) is 13.6 Å². The Kier molecular flexibility index (Phi) is 5.86. The molecule has 1 aromatic carbocycles. The van der Waals surface area contributed by atoms with Crippen molar-refractivity contribution < 1.29 is 36.3 Å². The Balaban J connectivity index is 1.84. The molecule has 12 heteroatoms. The smallest absolute Gasteiger partial charge is 0.418 e. The number of halogens is 3. The van der Waals surface area contributed by atoms with Crippen LogP contribution in [-0.4, -0.2) is 46.9 Å². The standard InChI is InChI=1S/C24H26F3N5O4/c1-5-17(33)14-11-28-18(30-23(34)12-6-7-12)10-15(14)29-22-19-16(32(2)31-22)9-8-13(20(19)35-3)21(36-4)24(25,26)27/h8-12,21H,5-7H2,1-4H3,(H2,28,29,30,31,34)/i1D3. The first-order valence-corrected chi connectivity index (χ1v) is 11.0. The van der Waals surface area contributed by atoms with E-state index in [1.807, 2.05) is 0 Å². The largest absolute Gasteiger partial charge is 0.496 e. The van der Waals surface area contributed by atoms with Crippen LogP contribution in [0.1, 0.15) is 52.3 Å². The first-order chi connectivity index (χ1) is 18.2. The lowest BCUT2D eigenvalue weighted by molar-refractivity contribution is -0.216. The maximum absolute atomic E-state index is 13.7. The average Bonchev–Trinajstić information content (AvgIpc) is 3.63. The summed E-state index contributed by atoms with van der Waals surface area (Å²) in [5.41, 5.74) is 0.0649. The fourth-order valence-corrected chi connectivity index (χ4v) is 3.94. The van der Waals surface area contributed by atoms with Gasteiger partial charge in [0.25, 0.3) is 0 Å². The fraction of sp³-hybridized carbons (Fsp3) is 0.417. The second kappa shape index (κ2) is 9.76. The van der Waals surface area contributed by atoms with E-state index in [2.05, 4.69) is 20.7 Å². The molecule has 0 bridgehead atoms. The number of amides is 1. The van der Waals surface area contributed by atoms with Crippen LogP contribution in [0.4, 0.5) is 30.5 Å². The first kappa shape index (κ1) is 21.6. The maximum atomic E-state index is 13.7. The van der Waals surface area contributed by atoms with Crippen LogP contribution in [0, 0.1) is 5.92 Å². The molecule has 36 heavy (non-hydrogen) atoms. The number of ketones is 1. The Hall–Kier alpha value is -3.67. The second-order valence-electron chi connectivity index (χ2n) is 8.32. The highest BCUT2D eigenvalue weighted by molar-refractivity contribution is 6.04. The third-order valence-corrected chi connectivity index (χ3v) is 5.84. The first-order valence-electron chi connectivity index (χ1n) is 12.5. The molecule has 0 aliphatic heterocycles. The molecule has 4 rings (SSSR count). The van der Waals surface area contributed by atoms with Crippen molar-refractivity contribution in [3.05, 3.63) is 35.5 Å². The molecule has 0 spiro atoms. The van der Waals surface area contributed by atoms with Gasteiger partial charge in [-0.3, -0.25) is 14.3 Å². The minimum absolute atomic E-state index is 0.0248. The van der Waals surface area contributed by atoms with Crippen molar-refractivity contribution in [2.75, 3.05) is 24.9 Å². The van der Waals surface area contributed by atoms with E-state index >= 15 is 0 Å². The number of hydrogen-bond acceptors (Lipinski definition) is 7. The van der Waals surface area contributed by atoms with Gasteiger partial charge < -0.3 is 20.1 Å². The number of fused-ring (bicyclic) bond motifs is 1. The van der Waals surface area contributed by atoms with Crippen molar-refractivity contribution in [2.45, 2.75) is 38.4 Å². The van der Waals surface area contributed by atoms with Gasteiger partial charge in [-0.25, -0.2) is 4.98 Å². The molecular formula is C24H26F3N5O4. The number of Topliss-reactive ketones (excluding diaryl/α,β-unsaturated/α-hetero) is 1. The number of aryl methyl sites for hydroxylation is 1. The average molecular weight is 509 g/mol. The Labute approximate surface area is 209 Å². The van der Waals surface area contributed by atoms with E-state index in [0.29, 0.717) is 5.52 Å². The summed E-state index contributed by atoms with van der Waals surface area (Å²) in [7, 11) is 3.71. The molecule has 2 N–H and O–H groups in total. The van der Waals surface area contributed by atoms with Crippen molar-refractivity contribution in [1.29, 1.82) is 0 Å². The summed E-state index contributed by atoms with van der Waals surface area (Å²) >= 11 is 0. The second-order valence-corrected chi connectivity index (χ2v) is 8.32. The molecule has 2 heterocycles. The number of aromatic nitrogens is 3. The number of alkyl halides is 3. The summed E-state index contributed by atoms with van der Waals surface area (Å²) in [6.07, 6.45) is -5.18. The van der Waals surface area contributed by atoms with Crippen molar-refractivity contribution >= 4 is 39.9 Å². The predicted octanol–water partition coefficient (Wildman–Crippen LogP) is 4.91. The quantitative estimate of drug-likeness (QED) is 0.396. The number of ether oxygens (including phenoxy) is 2. The minimum Gasteiger partial charge on any atom is -0.496 e. The Morgan fingerprint density at radius 3 is 2.67 bits per heavy atom. The minimum atomic E-state index is -4.74. The normalized spacial score (nSPS) is 16.1. The van der Waals surface area contributed by atoms with Crippen LogP contribution >= 0.6 is 0 Å². The van der Waals surface area contributed by atoms with Gasteiger partial charge in [0.05, 0.1) is 29.3 Å². The van der Waals surface area contributed by atoms with E-state index in [1.165, 1.54) is 30.0 Å². The van der Waals surface area contributed by atoms with Gasteiger partial charge in [-0.2, -0.15) is 18.3 Å². The highest BCUT2D eigenvalue weighted by Gasteiger charge is 2.43. The van der Waals surface area contributed by atoms with Crippen LogP contribution in [0.25, 0.3) is 10.9 Å². The van der Waals surface area contributed by atoms with Crippen LogP contribution < -0.4 is 15.4 Å². The monoisotopic (exact) mass is 508 g/mol. The zero-order chi connectivity index (χ0) is 28.7. The predicted molar refractivity (Wildman–Crippen MR) is 127 cm³/mol. The van der Waals surface area contributed by atoms with Crippen molar-refractivity contribution in [2.24, 2.45) is 13.0 Å². The summed E-state index contributed by atoms with van der Waals surface area (Å²) in [4.78, 5) is 29.3. The lowest BCUT2D eigenvalue weighted by Gasteiger charge is -2.22. The lowest BCUT2D eigenvalue weighted by atomic mass is 10.0. The van der Waals surface area contributed by atoms with E-state index in [-0.39, 0.29) is 51.4 Å². The summed E-state index contributed by atoms with van der Waals surface area (Å²) in [5, 5.41) is 10.1. The number of anilines is 3. The molecule has 3 aromatic rings. The molecular weight excluding hydrogens is 479 g/mol. The van der Waals surface area contributed by atoms with Crippen LogP contribution in [0.2, 0.25) is 0 Å². The molecule has 1 amide bonds. The fourth-order valence-electron chi connectivity index (χ4n) is 3.94. The van der Waals surface area contributed by atoms with Gasteiger partial charge >= 0.3 is 6.18 Å². The number of carbonyl (C=O) groups excluding carboxylic acids is 2. The molecule has 2 aromatic heterocycles. The molecule has 0 radical (unpaired) electrons. The molecule has 9 nitrogen and oxygen atoms in total.